The third-order valence-electron chi connectivity index (χ3n) is 4.99. The molecule has 3 rings (SSSR count). The zero-order valence-corrected chi connectivity index (χ0v) is 18.1. The molecule has 12 heteroatoms. The summed E-state index contributed by atoms with van der Waals surface area (Å²) in [4.78, 5) is 22.1. The number of pyridine rings is 1. The van der Waals surface area contributed by atoms with E-state index >= 15 is 0 Å². The minimum atomic E-state index is -5.23. The predicted octanol–water partition coefficient (Wildman–Crippen LogP) is 4.03. The monoisotopic (exact) mass is 486 g/mol. The molecule has 0 fully saturated rings. The Balaban J connectivity index is 2.11. The van der Waals surface area contributed by atoms with E-state index in [-0.39, 0.29) is 17.0 Å². The quantitative estimate of drug-likeness (QED) is 0.344. The van der Waals surface area contributed by atoms with E-state index in [9.17, 15) is 27.5 Å². The van der Waals surface area contributed by atoms with Crippen LogP contribution in [-0.2, 0) is 11.1 Å². The number of nitrogens with zero attached hydrogens (tertiary/aromatic N) is 2. The summed E-state index contributed by atoms with van der Waals surface area (Å²) >= 11 is 5.79. The van der Waals surface area contributed by atoms with Gasteiger partial charge in [0.25, 0.3) is 5.91 Å². The minimum absolute atomic E-state index is 0.0352. The van der Waals surface area contributed by atoms with E-state index < -0.39 is 41.3 Å². The fourth-order valence-electron chi connectivity index (χ4n) is 2.89. The van der Waals surface area contributed by atoms with Gasteiger partial charge in [0.1, 0.15) is 12.1 Å². The Morgan fingerprint density at radius 2 is 1.85 bits per heavy atom. The van der Waals surface area contributed by atoms with E-state index in [4.69, 9.17) is 11.8 Å². The molecule has 3 N–H and O–H groups in total. The molecular weight excluding hydrogens is 468 g/mol. The number of nitrogens with one attached hydrogen (secondary N) is 2. The van der Waals surface area contributed by atoms with Crippen molar-refractivity contribution in [2.24, 2.45) is 0 Å². The molecule has 7 nitrogen and oxygen atoms in total. The van der Waals surface area contributed by atoms with Gasteiger partial charge in [0.05, 0.1) is 23.5 Å². The van der Waals surface area contributed by atoms with Gasteiger partial charge in [-0.2, -0.15) is 13.2 Å². The molecule has 0 saturated carbocycles. The van der Waals surface area contributed by atoms with Gasteiger partial charge in [0, 0.05) is 5.56 Å². The number of hydrogen-bond acceptors (Lipinski definition) is 6. The Morgan fingerprint density at radius 3 is 2.39 bits per heavy atom. The van der Waals surface area contributed by atoms with E-state index in [1.807, 2.05) is 5.32 Å². The molecule has 176 valence electrons. The summed E-state index contributed by atoms with van der Waals surface area (Å²) in [5.74, 6) is -1.52. The van der Waals surface area contributed by atoms with E-state index in [0.717, 1.165) is 30.9 Å². The molecule has 0 aliphatic rings. The fraction of sp³-hybridized carbons (Fsp3) is 0.286. The van der Waals surface area contributed by atoms with Crippen molar-refractivity contribution in [3.05, 3.63) is 71.8 Å². The Labute approximate surface area is 190 Å². The lowest BCUT2D eigenvalue weighted by Crippen LogP contribution is -2.51. The van der Waals surface area contributed by atoms with Crippen LogP contribution >= 0.6 is 11.8 Å². The van der Waals surface area contributed by atoms with Crippen LogP contribution in [0.4, 0.5) is 17.6 Å². The zero-order valence-electron chi connectivity index (χ0n) is 17.4. The molecule has 1 atom stereocenters. The maximum atomic E-state index is 14.1. The predicted molar refractivity (Wildman–Crippen MR) is 110 cm³/mol. The number of aliphatic hydroxyl groups is 1. The number of halogens is 5. The number of hydrogen-bond donors (Lipinski definition) is 3. The smallest absolute Gasteiger partial charge is 0.424 e. The van der Waals surface area contributed by atoms with Crippen LogP contribution in [0.3, 0.4) is 0 Å². The Hall–Kier alpha value is -3.02. The van der Waals surface area contributed by atoms with Gasteiger partial charge in [0.15, 0.2) is 12.1 Å². The van der Waals surface area contributed by atoms with Crippen molar-refractivity contribution in [3.63, 3.8) is 0 Å². The van der Waals surface area contributed by atoms with E-state index in [1.54, 1.807) is 13.8 Å². The fourth-order valence-corrected chi connectivity index (χ4v) is 2.99. The minimum Gasteiger partial charge on any atom is -0.451 e. The van der Waals surface area contributed by atoms with E-state index in [1.165, 1.54) is 18.2 Å². The van der Waals surface area contributed by atoms with Gasteiger partial charge in [-0.1, -0.05) is 0 Å². The molecule has 33 heavy (non-hydrogen) atoms. The van der Waals surface area contributed by atoms with Crippen LogP contribution in [0.2, 0.25) is 0 Å². The van der Waals surface area contributed by atoms with Crippen LogP contribution in [0.15, 0.2) is 53.5 Å². The molecule has 0 radical (unpaired) electrons. The maximum absolute atomic E-state index is 14.1. The summed E-state index contributed by atoms with van der Waals surface area (Å²) in [6.45, 7) is 1.95. The second-order valence-electron chi connectivity index (χ2n) is 7.77. The summed E-state index contributed by atoms with van der Waals surface area (Å²) < 4.78 is 60.3. The number of amides is 1. The van der Waals surface area contributed by atoms with Gasteiger partial charge >= 0.3 is 6.18 Å². The Kier molecular flexibility index (Phi) is 6.78. The van der Waals surface area contributed by atoms with E-state index in [0.29, 0.717) is 5.56 Å². The SMILES string of the molecule is CC(C)(NCl)c1cc(-c2ccc(F)cc2)nc(C(O)(CNC(=O)c2cocn2)C(F)(F)F)c1. The number of carbonyl (C=O) groups excluding carboxylic acids is 1. The number of carbonyl (C=O) groups is 1. The molecule has 0 aliphatic carbocycles. The molecule has 0 saturated heterocycles. The lowest BCUT2D eigenvalue weighted by atomic mass is 9.89. The van der Waals surface area contributed by atoms with Crippen molar-refractivity contribution in [1.29, 1.82) is 0 Å². The standard InChI is InChI=1S/C21H19ClF4N4O3/c1-19(2,30-22)13-7-15(12-3-5-14(23)6-4-12)29-17(8-13)20(32,21(24,25)26)10-27-18(31)16-9-33-11-28-16/h3-9,11,30,32H,10H2,1-2H3,(H,27,31). The van der Waals surface area contributed by atoms with Crippen LogP contribution in [0.1, 0.15) is 35.6 Å². The zero-order chi connectivity index (χ0) is 24.4. The third kappa shape index (κ3) is 5.15. The van der Waals surface area contributed by atoms with Crippen LogP contribution < -0.4 is 10.2 Å². The van der Waals surface area contributed by atoms with Crippen LogP contribution in [-0.4, -0.2) is 33.7 Å². The number of benzene rings is 1. The largest absolute Gasteiger partial charge is 0.451 e. The van der Waals surface area contributed by atoms with Gasteiger partial charge in [-0.15, -0.1) is 0 Å². The van der Waals surface area contributed by atoms with Crippen molar-refractivity contribution >= 4 is 17.7 Å². The first kappa shape index (κ1) is 24.6. The first-order chi connectivity index (χ1) is 15.4. The van der Waals surface area contributed by atoms with Gasteiger partial charge < -0.3 is 14.8 Å². The van der Waals surface area contributed by atoms with Gasteiger partial charge in [-0.25, -0.2) is 19.2 Å². The lowest BCUT2D eigenvalue weighted by molar-refractivity contribution is -0.265. The topological polar surface area (TPSA) is 100 Å². The Morgan fingerprint density at radius 1 is 1.18 bits per heavy atom. The molecule has 0 bridgehead atoms. The summed E-state index contributed by atoms with van der Waals surface area (Å²) in [5, 5.41) is 12.8. The van der Waals surface area contributed by atoms with Crippen molar-refractivity contribution in [2.75, 3.05) is 6.54 Å². The van der Waals surface area contributed by atoms with Gasteiger partial charge in [-0.05, 0) is 67.6 Å². The number of rotatable bonds is 7. The molecular formula is C21H19ClF4N4O3. The highest BCUT2D eigenvalue weighted by atomic mass is 35.5. The first-order valence-corrected chi connectivity index (χ1v) is 9.87. The summed E-state index contributed by atoms with van der Waals surface area (Å²) in [5.41, 5.74) is -5.06. The molecule has 3 aromatic rings. The summed E-state index contributed by atoms with van der Waals surface area (Å²) in [6.07, 6.45) is -3.34. The highest BCUT2D eigenvalue weighted by Crippen LogP contribution is 2.40. The summed E-state index contributed by atoms with van der Waals surface area (Å²) in [6, 6.07) is 7.44. The van der Waals surface area contributed by atoms with Crippen molar-refractivity contribution in [3.8, 4) is 11.3 Å². The number of alkyl halides is 3. The summed E-state index contributed by atoms with van der Waals surface area (Å²) in [7, 11) is 0. The number of oxazole rings is 1. The van der Waals surface area contributed by atoms with E-state index in [2.05, 4.69) is 19.2 Å². The second-order valence-corrected chi connectivity index (χ2v) is 7.96. The van der Waals surface area contributed by atoms with Crippen molar-refractivity contribution in [1.82, 2.24) is 20.1 Å². The van der Waals surface area contributed by atoms with Gasteiger partial charge in [-0.3, -0.25) is 4.79 Å². The van der Waals surface area contributed by atoms with Crippen molar-refractivity contribution < 1.29 is 31.9 Å². The van der Waals surface area contributed by atoms with Crippen LogP contribution in [0.5, 0.6) is 0 Å². The van der Waals surface area contributed by atoms with Crippen LogP contribution in [0.25, 0.3) is 11.3 Å². The highest BCUT2D eigenvalue weighted by Gasteiger charge is 2.56. The lowest BCUT2D eigenvalue weighted by Gasteiger charge is -2.32. The molecule has 1 aromatic carbocycles. The molecule has 0 spiro atoms. The maximum Gasteiger partial charge on any atom is 0.424 e. The second kappa shape index (κ2) is 9.08. The normalized spacial score (nSPS) is 14.1. The van der Waals surface area contributed by atoms with Gasteiger partial charge in [0.2, 0.25) is 5.60 Å². The van der Waals surface area contributed by atoms with Crippen molar-refractivity contribution in [2.45, 2.75) is 31.2 Å². The average molecular weight is 487 g/mol. The third-order valence-corrected chi connectivity index (χ3v) is 5.46. The molecule has 1 unspecified atom stereocenters. The Bertz CT molecular complexity index is 1120. The highest BCUT2D eigenvalue weighted by molar-refractivity contribution is 6.13. The molecule has 1 amide bonds. The number of aromatic nitrogens is 2. The molecule has 2 aromatic heterocycles. The molecule has 2 heterocycles. The molecule has 0 aliphatic heterocycles. The average Bonchev–Trinajstić information content (AvgIpc) is 3.31. The van der Waals surface area contributed by atoms with Crippen LogP contribution in [0, 0.1) is 5.82 Å². The first-order valence-electron chi connectivity index (χ1n) is 9.49.